The minimum Gasteiger partial charge on any atom is -0.487 e. The molecule has 0 aliphatic carbocycles. The molecule has 0 radical (unpaired) electrons. The first-order valence-electron chi connectivity index (χ1n) is 12.5. The Hall–Kier alpha value is -3.81. The van der Waals surface area contributed by atoms with Gasteiger partial charge in [0.15, 0.2) is 0 Å². The molecule has 3 aromatic carbocycles. The Morgan fingerprint density at radius 1 is 0.974 bits per heavy atom. The fourth-order valence-electron chi connectivity index (χ4n) is 4.76. The summed E-state index contributed by atoms with van der Waals surface area (Å²) in [5, 5.41) is 9.16. The topological polar surface area (TPSA) is 66.8 Å². The average Bonchev–Trinajstić information content (AvgIpc) is 3.21. The molecule has 1 atom stereocenters. The van der Waals surface area contributed by atoms with Gasteiger partial charge in [0.1, 0.15) is 11.4 Å². The van der Waals surface area contributed by atoms with Gasteiger partial charge in [-0.05, 0) is 65.9 Å². The fraction of sp³-hybridized carbons (Fsp3) is 0.333. The maximum atomic E-state index is 13.4. The van der Waals surface area contributed by atoms with Crippen LogP contribution in [0.1, 0.15) is 58.4 Å². The molecule has 1 amide bonds. The molecule has 1 aliphatic rings. The van der Waals surface area contributed by atoms with Crippen LogP contribution in [0.15, 0.2) is 66.7 Å². The summed E-state index contributed by atoms with van der Waals surface area (Å²) in [6.45, 7) is 4.06. The van der Waals surface area contributed by atoms with E-state index in [1.807, 2.05) is 6.92 Å². The second-order valence-electron chi connectivity index (χ2n) is 9.96. The molecule has 0 fully saturated rings. The molecule has 200 valence electrons. The van der Waals surface area contributed by atoms with Crippen LogP contribution in [0.4, 0.5) is 13.2 Å². The predicted octanol–water partition coefficient (Wildman–Crippen LogP) is 6.32. The van der Waals surface area contributed by atoms with Crippen LogP contribution in [0.3, 0.4) is 0 Å². The number of carbonyl (C=O) groups is 2. The van der Waals surface area contributed by atoms with Gasteiger partial charge in [0.2, 0.25) is 0 Å². The van der Waals surface area contributed by atoms with E-state index >= 15 is 0 Å². The molecule has 1 aliphatic heterocycles. The molecule has 5 nitrogen and oxygen atoms in total. The van der Waals surface area contributed by atoms with E-state index in [1.165, 1.54) is 22.6 Å². The molecule has 38 heavy (non-hydrogen) atoms. The summed E-state index contributed by atoms with van der Waals surface area (Å²) in [7, 11) is 0. The quantitative estimate of drug-likeness (QED) is 0.355. The van der Waals surface area contributed by atoms with E-state index in [4.69, 9.17) is 9.84 Å². The van der Waals surface area contributed by atoms with Crippen LogP contribution in [0.5, 0.6) is 5.75 Å². The van der Waals surface area contributed by atoms with Crippen LogP contribution >= 0.6 is 0 Å². The first-order valence-corrected chi connectivity index (χ1v) is 12.5. The molecule has 0 spiro atoms. The first kappa shape index (κ1) is 27.2. The first-order chi connectivity index (χ1) is 18.0. The van der Waals surface area contributed by atoms with Crippen LogP contribution in [0, 0.1) is 0 Å². The van der Waals surface area contributed by atoms with Gasteiger partial charge in [-0.25, -0.2) is 0 Å². The Kier molecular flexibility index (Phi) is 7.81. The number of alkyl halides is 3. The van der Waals surface area contributed by atoms with Gasteiger partial charge in [0, 0.05) is 31.5 Å². The Balaban J connectivity index is 1.50. The van der Waals surface area contributed by atoms with E-state index in [-0.39, 0.29) is 19.5 Å². The molecule has 8 heteroatoms. The number of ether oxygens (including phenoxy) is 1. The highest BCUT2D eigenvalue weighted by Gasteiger charge is 2.36. The Labute approximate surface area is 219 Å². The molecule has 0 bridgehead atoms. The van der Waals surface area contributed by atoms with Crippen LogP contribution in [0.25, 0.3) is 0 Å². The minimum absolute atomic E-state index is 0.0106. The van der Waals surface area contributed by atoms with Gasteiger partial charge in [-0.15, -0.1) is 0 Å². The Bertz CT molecular complexity index is 1300. The van der Waals surface area contributed by atoms with Gasteiger partial charge in [-0.2, -0.15) is 13.2 Å². The highest BCUT2D eigenvalue weighted by atomic mass is 19.4. The van der Waals surface area contributed by atoms with E-state index in [0.717, 1.165) is 29.7 Å². The number of fused-ring (bicyclic) bond motifs is 1. The maximum absolute atomic E-state index is 13.4. The van der Waals surface area contributed by atoms with E-state index < -0.39 is 29.2 Å². The number of carboxylic acid groups (broad SMARTS) is 1. The van der Waals surface area contributed by atoms with Crippen LogP contribution < -0.4 is 4.74 Å². The van der Waals surface area contributed by atoms with E-state index in [9.17, 15) is 22.8 Å². The molecule has 0 saturated heterocycles. The number of carbonyl (C=O) groups excluding carboxylic acids is 1. The van der Waals surface area contributed by atoms with Crippen molar-refractivity contribution in [3.8, 4) is 5.75 Å². The van der Waals surface area contributed by atoms with Gasteiger partial charge < -0.3 is 14.7 Å². The summed E-state index contributed by atoms with van der Waals surface area (Å²) < 4.78 is 45.0. The van der Waals surface area contributed by atoms with Crippen molar-refractivity contribution >= 4 is 11.9 Å². The molecule has 1 N–H and O–H groups in total. The summed E-state index contributed by atoms with van der Waals surface area (Å²) in [5.74, 6) is -0.757. The third-order valence-corrected chi connectivity index (χ3v) is 6.77. The number of aliphatic carboxylic acids is 1. The number of benzene rings is 3. The molecule has 0 saturated carbocycles. The number of carboxylic acids is 1. The largest absolute Gasteiger partial charge is 0.487 e. The smallest absolute Gasteiger partial charge is 0.416 e. The van der Waals surface area contributed by atoms with Crippen LogP contribution in [-0.2, 0) is 36.8 Å². The van der Waals surface area contributed by atoms with Crippen molar-refractivity contribution in [2.45, 2.75) is 57.9 Å². The Morgan fingerprint density at radius 2 is 1.61 bits per heavy atom. The van der Waals surface area contributed by atoms with Crippen LogP contribution in [-0.4, -0.2) is 34.0 Å². The zero-order chi connectivity index (χ0) is 27.5. The second-order valence-corrected chi connectivity index (χ2v) is 9.96. The van der Waals surface area contributed by atoms with Gasteiger partial charge >= 0.3 is 12.1 Å². The number of hydrogen-bond acceptors (Lipinski definition) is 3. The van der Waals surface area contributed by atoms with Crippen molar-refractivity contribution in [1.82, 2.24) is 4.90 Å². The summed E-state index contributed by atoms with van der Waals surface area (Å²) in [4.78, 5) is 26.0. The molecular formula is C30H30F3NO4. The normalized spacial score (nSPS) is 16.6. The van der Waals surface area contributed by atoms with Gasteiger partial charge in [0.05, 0.1) is 12.0 Å². The summed E-state index contributed by atoms with van der Waals surface area (Å²) in [6.07, 6.45) is -2.47. The van der Waals surface area contributed by atoms with Gasteiger partial charge in [-0.3, -0.25) is 9.59 Å². The van der Waals surface area contributed by atoms with E-state index in [1.54, 1.807) is 18.2 Å². The Morgan fingerprint density at radius 3 is 2.21 bits per heavy atom. The number of rotatable bonds is 9. The minimum atomic E-state index is -4.46. The van der Waals surface area contributed by atoms with Crippen molar-refractivity contribution in [3.63, 3.8) is 0 Å². The highest BCUT2D eigenvalue weighted by Crippen LogP contribution is 2.38. The standard InChI is InChI=1S/C30H30F3NO4/c1-3-20-4-6-21(7-5-20)17-29(2)18-24-16-23(10-13-26(24)38-29)28(37)34(15-14-27(35)36)19-22-8-11-25(12-9-22)30(31,32)33/h4-13,16H,3,14-15,17-19H2,1-2H3,(H,35,36)/t29-/m0/s1. The molecule has 1 heterocycles. The monoisotopic (exact) mass is 525 g/mol. The average molecular weight is 526 g/mol. The lowest BCUT2D eigenvalue weighted by Gasteiger charge is -2.24. The van der Waals surface area contributed by atoms with Gasteiger partial charge in [0.25, 0.3) is 5.91 Å². The number of halogens is 3. The lowest BCUT2D eigenvalue weighted by Crippen LogP contribution is -2.33. The zero-order valence-corrected chi connectivity index (χ0v) is 21.3. The van der Waals surface area contributed by atoms with Gasteiger partial charge in [-0.1, -0.05) is 43.3 Å². The number of aryl methyl sites for hydroxylation is 1. The van der Waals surface area contributed by atoms with Crippen LogP contribution in [0.2, 0.25) is 0 Å². The van der Waals surface area contributed by atoms with E-state index in [2.05, 4.69) is 31.2 Å². The molecule has 4 rings (SSSR count). The van der Waals surface area contributed by atoms with Crippen molar-refractivity contribution in [2.75, 3.05) is 6.54 Å². The molecule has 0 aromatic heterocycles. The zero-order valence-electron chi connectivity index (χ0n) is 21.3. The third-order valence-electron chi connectivity index (χ3n) is 6.77. The summed E-state index contributed by atoms with van der Waals surface area (Å²) in [5.41, 5.74) is 2.90. The summed E-state index contributed by atoms with van der Waals surface area (Å²) in [6, 6.07) is 18.1. The number of amides is 1. The maximum Gasteiger partial charge on any atom is 0.416 e. The highest BCUT2D eigenvalue weighted by molar-refractivity contribution is 5.95. The third kappa shape index (κ3) is 6.54. The van der Waals surface area contributed by atoms with Crippen molar-refractivity contribution in [1.29, 1.82) is 0 Å². The molecular weight excluding hydrogens is 495 g/mol. The van der Waals surface area contributed by atoms with Crippen molar-refractivity contribution in [2.24, 2.45) is 0 Å². The SMILES string of the molecule is CCc1ccc(C[C@@]2(C)Cc3cc(C(=O)N(CCC(=O)O)Cc4ccc(C(F)(F)F)cc4)ccc3O2)cc1. The van der Waals surface area contributed by atoms with Crippen molar-refractivity contribution in [3.05, 3.63) is 100 Å². The lowest BCUT2D eigenvalue weighted by atomic mass is 9.91. The molecule has 0 unspecified atom stereocenters. The number of nitrogens with zero attached hydrogens (tertiary/aromatic N) is 1. The molecule has 3 aromatic rings. The lowest BCUT2D eigenvalue weighted by molar-refractivity contribution is -0.138. The van der Waals surface area contributed by atoms with Crippen molar-refractivity contribution < 1.29 is 32.6 Å². The predicted molar refractivity (Wildman–Crippen MR) is 137 cm³/mol. The number of hydrogen-bond donors (Lipinski definition) is 1. The summed E-state index contributed by atoms with van der Waals surface area (Å²) >= 11 is 0. The second kappa shape index (κ2) is 10.9. The van der Waals surface area contributed by atoms with E-state index in [0.29, 0.717) is 29.7 Å². The fourth-order valence-corrected chi connectivity index (χ4v) is 4.76.